The third-order valence-electron chi connectivity index (χ3n) is 1.62. The highest BCUT2D eigenvalue weighted by atomic mass is 16.6. The lowest BCUT2D eigenvalue weighted by atomic mass is 10.1. The third-order valence-corrected chi connectivity index (χ3v) is 1.62. The van der Waals surface area contributed by atoms with E-state index in [1.165, 1.54) is 0 Å². The molecule has 0 aliphatic carbocycles. The lowest BCUT2D eigenvalue weighted by Crippen LogP contribution is -2.22. The van der Waals surface area contributed by atoms with Crippen molar-refractivity contribution >= 4 is 11.8 Å². The monoisotopic (exact) mass is 200 g/mol. The van der Waals surface area contributed by atoms with E-state index in [0.717, 1.165) is 13.3 Å². The van der Waals surface area contributed by atoms with Gasteiger partial charge in [0, 0.05) is 0 Å². The molecular weight excluding hydrogens is 192 g/mol. The van der Waals surface area contributed by atoms with Crippen molar-refractivity contribution in [3.05, 3.63) is 21.9 Å². The molecule has 76 valence electrons. The minimum atomic E-state index is -1.20. The van der Waals surface area contributed by atoms with Crippen LogP contribution in [0.4, 0.5) is 5.82 Å². The number of rotatable bonds is 3. The molecule has 0 amide bonds. The molecule has 0 spiro atoms. The average molecular weight is 200 g/mol. The summed E-state index contributed by atoms with van der Waals surface area (Å²) in [7, 11) is 1.15. The van der Waals surface area contributed by atoms with Gasteiger partial charge in [-0.25, -0.2) is 4.79 Å². The predicted octanol–water partition coefficient (Wildman–Crippen LogP) is -0.509. The SMILES string of the molecule is COC(=O)C(N)c1cn[nH]c1[N+](=O)[O-]. The normalized spacial score (nSPS) is 12.1. The lowest BCUT2D eigenvalue weighted by Gasteiger charge is -2.05. The third kappa shape index (κ3) is 1.69. The van der Waals surface area contributed by atoms with E-state index in [4.69, 9.17) is 5.73 Å². The van der Waals surface area contributed by atoms with Crippen LogP contribution in [-0.2, 0) is 9.53 Å². The number of nitrogens with zero attached hydrogens (tertiary/aromatic N) is 2. The second kappa shape index (κ2) is 3.83. The van der Waals surface area contributed by atoms with Crippen LogP contribution in [0.25, 0.3) is 0 Å². The van der Waals surface area contributed by atoms with E-state index in [-0.39, 0.29) is 5.56 Å². The van der Waals surface area contributed by atoms with Crippen LogP contribution in [0.3, 0.4) is 0 Å². The molecule has 0 radical (unpaired) electrons. The summed E-state index contributed by atoms with van der Waals surface area (Å²) in [5.41, 5.74) is 5.39. The number of hydrogen-bond acceptors (Lipinski definition) is 6. The fraction of sp³-hybridized carbons (Fsp3) is 0.333. The number of nitrogens with two attached hydrogens (primary N) is 1. The van der Waals surface area contributed by atoms with Gasteiger partial charge in [-0.2, -0.15) is 0 Å². The van der Waals surface area contributed by atoms with Gasteiger partial charge in [0.2, 0.25) is 0 Å². The molecule has 0 bridgehead atoms. The second-order valence-corrected chi connectivity index (χ2v) is 2.43. The van der Waals surface area contributed by atoms with E-state index in [0.29, 0.717) is 0 Å². The van der Waals surface area contributed by atoms with Gasteiger partial charge in [-0.1, -0.05) is 5.10 Å². The molecule has 1 atom stereocenters. The van der Waals surface area contributed by atoms with Crippen molar-refractivity contribution in [3.63, 3.8) is 0 Å². The highest BCUT2D eigenvalue weighted by Gasteiger charge is 2.26. The molecule has 8 nitrogen and oxygen atoms in total. The molecule has 1 unspecified atom stereocenters. The Bertz CT molecular complexity index is 360. The zero-order valence-electron chi connectivity index (χ0n) is 7.26. The van der Waals surface area contributed by atoms with Gasteiger partial charge >= 0.3 is 11.8 Å². The Hall–Kier alpha value is -1.96. The first-order valence-electron chi connectivity index (χ1n) is 3.59. The van der Waals surface area contributed by atoms with E-state index in [1.807, 2.05) is 0 Å². The topological polar surface area (TPSA) is 124 Å². The van der Waals surface area contributed by atoms with Crippen molar-refractivity contribution < 1.29 is 14.5 Å². The summed E-state index contributed by atoms with van der Waals surface area (Å²) in [6.45, 7) is 0. The molecule has 1 heterocycles. The standard InChI is InChI=1S/C6H8N4O4/c1-14-6(11)4(7)3-2-8-9-5(3)10(12)13/h2,4H,7H2,1H3,(H,8,9). The molecule has 0 saturated heterocycles. The quantitative estimate of drug-likeness (QED) is 0.384. The summed E-state index contributed by atoms with van der Waals surface area (Å²) in [6.07, 6.45) is 1.12. The number of nitro groups is 1. The molecule has 1 aromatic rings. The molecule has 1 rings (SSSR count). The van der Waals surface area contributed by atoms with Gasteiger partial charge < -0.3 is 20.6 Å². The molecular formula is C6H8N4O4. The van der Waals surface area contributed by atoms with Crippen LogP contribution in [0, 0.1) is 10.1 Å². The van der Waals surface area contributed by atoms with Gasteiger partial charge in [0.05, 0.1) is 18.9 Å². The van der Waals surface area contributed by atoms with E-state index in [1.54, 1.807) is 0 Å². The van der Waals surface area contributed by atoms with Crippen LogP contribution in [0.5, 0.6) is 0 Å². The van der Waals surface area contributed by atoms with Crippen molar-refractivity contribution in [1.29, 1.82) is 0 Å². The number of hydrogen-bond donors (Lipinski definition) is 2. The molecule has 0 fully saturated rings. The first kappa shape index (κ1) is 10.1. The number of aromatic nitrogens is 2. The number of H-pyrrole nitrogens is 1. The summed E-state index contributed by atoms with van der Waals surface area (Å²) in [5, 5.41) is 16.0. The Morgan fingerprint density at radius 2 is 2.50 bits per heavy atom. The van der Waals surface area contributed by atoms with E-state index in [2.05, 4.69) is 14.9 Å². The number of ether oxygens (including phenoxy) is 1. The average Bonchev–Trinajstić information content (AvgIpc) is 2.63. The molecule has 0 aliphatic heterocycles. The van der Waals surface area contributed by atoms with Gasteiger partial charge in [0.15, 0.2) is 0 Å². The molecule has 14 heavy (non-hydrogen) atoms. The Kier molecular flexibility index (Phi) is 2.77. The zero-order valence-corrected chi connectivity index (χ0v) is 7.26. The maximum atomic E-state index is 11.0. The zero-order chi connectivity index (χ0) is 10.7. The van der Waals surface area contributed by atoms with Crippen molar-refractivity contribution in [1.82, 2.24) is 10.2 Å². The van der Waals surface area contributed by atoms with Gasteiger partial charge in [0.1, 0.15) is 6.04 Å². The fourth-order valence-corrected chi connectivity index (χ4v) is 0.916. The fourth-order valence-electron chi connectivity index (χ4n) is 0.916. The first-order valence-corrected chi connectivity index (χ1v) is 3.59. The molecule has 1 aromatic heterocycles. The van der Waals surface area contributed by atoms with Crippen molar-refractivity contribution in [3.8, 4) is 0 Å². The van der Waals surface area contributed by atoms with Gasteiger partial charge in [0.25, 0.3) is 0 Å². The smallest absolute Gasteiger partial charge is 0.347 e. The van der Waals surface area contributed by atoms with Crippen LogP contribution >= 0.6 is 0 Å². The lowest BCUT2D eigenvalue weighted by molar-refractivity contribution is -0.390. The molecule has 0 aliphatic rings. The van der Waals surface area contributed by atoms with Crippen LogP contribution in [0.2, 0.25) is 0 Å². The van der Waals surface area contributed by atoms with Gasteiger partial charge in [-0.05, 0) is 4.92 Å². The molecule has 0 saturated carbocycles. The number of methoxy groups -OCH3 is 1. The Labute approximate surface area is 78.2 Å². The largest absolute Gasteiger partial charge is 0.468 e. The van der Waals surface area contributed by atoms with Crippen molar-refractivity contribution in [2.45, 2.75) is 6.04 Å². The number of nitrogens with one attached hydrogen (secondary N) is 1. The highest BCUT2D eigenvalue weighted by molar-refractivity contribution is 5.78. The number of carbonyl (C=O) groups is 1. The second-order valence-electron chi connectivity index (χ2n) is 2.43. The first-order chi connectivity index (χ1) is 6.57. The minimum Gasteiger partial charge on any atom is -0.468 e. The predicted molar refractivity (Wildman–Crippen MR) is 44.2 cm³/mol. The van der Waals surface area contributed by atoms with Crippen LogP contribution in [0.1, 0.15) is 11.6 Å². The number of carbonyl (C=O) groups excluding carboxylic acids is 1. The summed E-state index contributed by atoms with van der Waals surface area (Å²) < 4.78 is 4.34. The number of esters is 1. The summed E-state index contributed by atoms with van der Waals surface area (Å²) in [6, 6.07) is -1.20. The molecule has 3 N–H and O–H groups in total. The van der Waals surface area contributed by atoms with Crippen LogP contribution < -0.4 is 5.73 Å². The van der Waals surface area contributed by atoms with Crippen molar-refractivity contribution in [2.75, 3.05) is 7.11 Å². The summed E-state index contributed by atoms with van der Waals surface area (Å²) in [4.78, 5) is 20.7. The van der Waals surface area contributed by atoms with Crippen LogP contribution in [-0.4, -0.2) is 28.2 Å². The Morgan fingerprint density at radius 1 is 1.86 bits per heavy atom. The maximum Gasteiger partial charge on any atom is 0.347 e. The molecule has 8 heteroatoms. The minimum absolute atomic E-state index is 0.00171. The summed E-state index contributed by atoms with van der Waals surface area (Å²) >= 11 is 0. The Morgan fingerprint density at radius 3 is 3.00 bits per heavy atom. The maximum absolute atomic E-state index is 11.0. The van der Waals surface area contributed by atoms with Gasteiger partial charge in [-0.15, -0.1) is 5.10 Å². The molecule has 0 aromatic carbocycles. The van der Waals surface area contributed by atoms with Crippen molar-refractivity contribution in [2.24, 2.45) is 5.73 Å². The van der Waals surface area contributed by atoms with Crippen LogP contribution in [0.15, 0.2) is 6.20 Å². The van der Waals surface area contributed by atoms with E-state index < -0.39 is 22.8 Å². The Balaban J connectivity index is 3.00. The van der Waals surface area contributed by atoms with Gasteiger partial charge in [-0.3, -0.25) is 0 Å². The number of aromatic amines is 1. The van der Waals surface area contributed by atoms with E-state index in [9.17, 15) is 14.9 Å². The summed E-state index contributed by atoms with van der Waals surface area (Å²) in [5.74, 6) is -1.16. The highest BCUT2D eigenvalue weighted by Crippen LogP contribution is 2.20. The van der Waals surface area contributed by atoms with E-state index >= 15 is 0 Å².